The van der Waals surface area contributed by atoms with Crippen LogP contribution >= 0.6 is 39.3 Å². The molecule has 8 heteroatoms. The van der Waals surface area contributed by atoms with Gasteiger partial charge in [0.05, 0.1) is 23.6 Å². The van der Waals surface area contributed by atoms with Crippen LogP contribution in [0, 0.1) is 0 Å². The lowest BCUT2D eigenvalue weighted by atomic mass is 10.1. The number of imide groups is 1. The molecule has 0 atom stereocenters. The number of ether oxygens (including phenoxy) is 2. The van der Waals surface area contributed by atoms with Gasteiger partial charge in [0.15, 0.2) is 11.5 Å². The van der Waals surface area contributed by atoms with Gasteiger partial charge in [-0.3, -0.25) is 14.5 Å². The number of thioether (sulfide) groups is 1. The van der Waals surface area contributed by atoms with Gasteiger partial charge in [0.1, 0.15) is 6.61 Å². The third-order valence-corrected chi connectivity index (χ3v) is 7.92. The third-order valence-electron chi connectivity index (χ3n) is 5.96. The molecule has 0 spiro atoms. The van der Waals surface area contributed by atoms with E-state index in [0.29, 0.717) is 33.6 Å². The van der Waals surface area contributed by atoms with E-state index in [9.17, 15) is 9.59 Å². The van der Waals surface area contributed by atoms with E-state index >= 15 is 0 Å². The van der Waals surface area contributed by atoms with Crippen LogP contribution in [0.25, 0.3) is 16.8 Å². The number of carbonyl (C=O) groups is 2. The summed E-state index contributed by atoms with van der Waals surface area (Å²) in [6.45, 7) is 0.499. The van der Waals surface area contributed by atoms with Crippen LogP contribution in [0.3, 0.4) is 0 Å². The molecule has 0 unspecified atom stereocenters. The molecule has 0 N–H and O–H groups in total. The van der Waals surface area contributed by atoms with Crippen molar-refractivity contribution in [3.05, 3.63) is 110 Å². The molecular weight excluding hydrogens is 574 g/mol. The molecule has 186 valence electrons. The highest BCUT2D eigenvalue weighted by molar-refractivity contribution is 9.10. The van der Waals surface area contributed by atoms with Gasteiger partial charge >= 0.3 is 0 Å². The summed E-state index contributed by atoms with van der Waals surface area (Å²) in [5.74, 6) is 0.500. The highest BCUT2D eigenvalue weighted by atomic mass is 79.9. The van der Waals surface area contributed by atoms with Crippen molar-refractivity contribution in [1.82, 2.24) is 4.90 Å². The molecule has 2 amide bonds. The third kappa shape index (κ3) is 5.39. The Balaban J connectivity index is 1.37. The molecule has 1 aliphatic rings. The first-order valence-corrected chi connectivity index (χ1v) is 13.4. The molecule has 0 bridgehead atoms. The van der Waals surface area contributed by atoms with Crippen LogP contribution in [-0.4, -0.2) is 23.2 Å². The first-order chi connectivity index (χ1) is 17.9. The highest BCUT2D eigenvalue weighted by Crippen LogP contribution is 2.40. The quantitative estimate of drug-likeness (QED) is 0.203. The number of fused-ring (bicyclic) bond motifs is 1. The van der Waals surface area contributed by atoms with Gasteiger partial charge in [0.2, 0.25) is 0 Å². The van der Waals surface area contributed by atoms with Crippen LogP contribution in [0.5, 0.6) is 11.5 Å². The topological polar surface area (TPSA) is 55.8 Å². The minimum atomic E-state index is -0.350. The molecule has 5 rings (SSSR count). The fourth-order valence-corrected chi connectivity index (χ4v) is 5.64. The maximum atomic E-state index is 13.0. The van der Waals surface area contributed by atoms with E-state index in [1.807, 2.05) is 48.5 Å². The van der Waals surface area contributed by atoms with Crippen molar-refractivity contribution in [1.29, 1.82) is 0 Å². The van der Waals surface area contributed by atoms with E-state index in [0.717, 1.165) is 38.1 Å². The number of rotatable bonds is 7. The number of halogens is 2. The van der Waals surface area contributed by atoms with Gasteiger partial charge in [-0.1, -0.05) is 88.2 Å². The van der Waals surface area contributed by atoms with Crippen LogP contribution < -0.4 is 9.47 Å². The van der Waals surface area contributed by atoms with Gasteiger partial charge in [-0.15, -0.1) is 0 Å². The standard InChI is InChI=1S/C29H21BrClNO4S/c1-35-25-14-18(15-26-28(33)32(29(34)37-26)16-20-8-3-5-12-23(20)30)13-24(31)27(25)36-17-21-10-6-9-19-7-2-4-11-22(19)21/h2-15H,16-17H2,1H3/b26-15-. The van der Waals surface area contributed by atoms with Crippen molar-refractivity contribution in [2.75, 3.05) is 7.11 Å². The van der Waals surface area contributed by atoms with E-state index in [-0.39, 0.29) is 17.7 Å². The van der Waals surface area contributed by atoms with E-state index in [1.54, 1.807) is 18.2 Å². The number of nitrogens with zero attached hydrogens (tertiary/aromatic N) is 1. The molecule has 1 saturated heterocycles. The van der Waals surface area contributed by atoms with Crippen molar-refractivity contribution in [3.8, 4) is 11.5 Å². The molecule has 4 aromatic carbocycles. The summed E-state index contributed by atoms with van der Waals surface area (Å²) in [5, 5.41) is 2.26. The fraction of sp³-hybridized carbons (Fsp3) is 0.103. The van der Waals surface area contributed by atoms with Crippen LogP contribution in [0.4, 0.5) is 4.79 Å². The second-order valence-corrected chi connectivity index (χ2v) is 10.6. The Labute approximate surface area is 232 Å². The summed E-state index contributed by atoms with van der Waals surface area (Å²) in [5.41, 5.74) is 2.51. The predicted molar refractivity (Wildman–Crippen MR) is 152 cm³/mol. The minimum Gasteiger partial charge on any atom is -0.493 e. The van der Waals surface area contributed by atoms with Gasteiger partial charge in [0, 0.05) is 4.47 Å². The van der Waals surface area contributed by atoms with Crippen LogP contribution in [0.1, 0.15) is 16.7 Å². The smallest absolute Gasteiger partial charge is 0.293 e. The van der Waals surface area contributed by atoms with Crippen molar-refractivity contribution >= 4 is 67.3 Å². The zero-order valence-corrected chi connectivity index (χ0v) is 22.9. The number of carbonyl (C=O) groups excluding carboxylic acids is 2. The zero-order chi connectivity index (χ0) is 25.9. The van der Waals surface area contributed by atoms with Gasteiger partial charge in [-0.05, 0) is 63.5 Å². The molecule has 37 heavy (non-hydrogen) atoms. The Morgan fingerprint density at radius 3 is 2.51 bits per heavy atom. The summed E-state index contributed by atoms with van der Waals surface area (Å²) < 4.78 is 12.5. The van der Waals surface area contributed by atoms with Crippen LogP contribution in [-0.2, 0) is 17.9 Å². The molecule has 0 saturated carbocycles. The average molecular weight is 595 g/mol. The SMILES string of the molecule is COc1cc(/C=C2\SC(=O)N(Cc3ccccc3Br)C2=O)cc(Cl)c1OCc1cccc2ccccc12. The first kappa shape index (κ1) is 25.4. The Bertz CT molecular complexity index is 1550. The highest BCUT2D eigenvalue weighted by Gasteiger charge is 2.35. The maximum absolute atomic E-state index is 13.0. The van der Waals surface area contributed by atoms with Gasteiger partial charge in [0.25, 0.3) is 11.1 Å². The summed E-state index contributed by atoms with van der Waals surface area (Å²) in [6.07, 6.45) is 1.65. The molecule has 1 aliphatic heterocycles. The monoisotopic (exact) mass is 593 g/mol. The molecule has 0 aliphatic carbocycles. The van der Waals surface area contributed by atoms with Gasteiger partial charge in [-0.25, -0.2) is 0 Å². The van der Waals surface area contributed by atoms with Crippen LogP contribution in [0.15, 0.2) is 88.2 Å². The number of hydrogen-bond donors (Lipinski definition) is 0. The molecule has 5 nitrogen and oxygen atoms in total. The molecule has 0 radical (unpaired) electrons. The minimum absolute atomic E-state index is 0.189. The molecule has 1 fully saturated rings. The second kappa shape index (κ2) is 11.0. The summed E-state index contributed by atoms with van der Waals surface area (Å²) in [4.78, 5) is 27.2. The largest absolute Gasteiger partial charge is 0.493 e. The number of amides is 2. The fourth-order valence-electron chi connectivity index (χ4n) is 4.12. The Morgan fingerprint density at radius 2 is 1.70 bits per heavy atom. The van der Waals surface area contributed by atoms with Crippen molar-refractivity contribution < 1.29 is 19.1 Å². The zero-order valence-electron chi connectivity index (χ0n) is 19.7. The molecule has 0 aromatic heterocycles. The summed E-state index contributed by atoms with van der Waals surface area (Å²) >= 11 is 11.0. The lowest BCUT2D eigenvalue weighted by molar-refractivity contribution is -0.123. The Kier molecular flexibility index (Phi) is 7.55. The van der Waals surface area contributed by atoms with E-state index in [4.69, 9.17) is 21.1 Å². The summed E-state index contributed by atoms with van der Waals surface area (Å²) in [6, 6.07) is 25.1. The lowest BCUT2D eigenvalue weighted by Gasteiger charge is -2.15. The Morgan fingerprint density at radius 1 is 0.973 bits per heavy atom. The number of hydrogen-bond acceptors (Lipinski definition) is 5. The lowest BCUT2D eigenvalue weighted by Crippen LogP contribution is -2.27. The maximum Gasteiger partial charge on any atom is 0.293 e. The first-order valence-electron chi connectivity index (χ1n) is 11.4. The predicted octanol–water partition coefficient (Wildman–Crippen LogP) is 8.08. The van der Waals surface area contributed by atoms with Crippen molar-refractivity contribution in [2.24, 2.45) is 0 Å². The van der Waals surface area contributed by atoms with Crippen molar-refractivity contribution in [2.45, 2.75) is 13.2 Å². The molecule has 1 heterocycles. The Hall–Kier alpha value is -3.26. The number of methoxy groups -OCH3 is 1. The van der Waals surface area contributed by atoms with Crippen LogP contribution in [0.2, 0.25) is 5.02 Å². The van der Waals surface area contributed by atoms with E-state index in [1.165, 1.54) is 12.0 Å². The second-order valence-electron chi connectivity index (χ2n) is 8.32. The van der Waals surface area contributed by atoms with E-state index < -0.39 is 0 Å². The van der Waals surface area contributed by atoms with Gasteiger partial charge < -0.3 is 9.47 Å². The molecule has 4 aromatic rings. The normalized spacial score (nSPS) is 14.6. The van der Waals surface area contributed by atoms with Gasteiger partial charge in [-0.2, -0.15) is 0 Å². The molecular formula is C29H21BrClNO4S. The van der Waals surface area contributed by atoms with E-state index in [2.05, 4.69) is 34.1 Å². The van der Waals surface area contributed by atoms with Crippen molar-refractivity contribution in [3.63, 3.8) is 0 Å². The average Bonchev–Trinajstić information content (AvgIpc) is 3.16. The summed E-state index contributed by atoms with van der Waals surface area (Å²) in [7, 11) is 1.53. The number of benzene rings is 4.